The Labute approximate surface area is 86.6 Å². The fourth-order valence-corrected chi connectivity index (χ4v) is 1.73. The van der Waals surface area contributed by atoms with Crippen molar-refractivity contribution in [3.63, 3.8) is 0 Å². The van der Waals surface area contributed by atoms with Gasteiger partial charge in [-0.2, -0.15) is 0 Å². The van der Waals surface area contributed by atoms with Gasteiger partial charge in [-0.15, -0.1) is 0 Å². The zero-order valence-corrected chi connectivity index (χ0v) is 9.13. The molecule has 0 saturated heterocycles. The predicted molar refractivity (Wildman–Crippen MR) is 56.7 cm³/mol. The third-order valence-corrected chi connectivity index (χ3v) is 2.54. The fraction of sp³-hybridized carbons (Fsp3) is 0.333. The van der Waals surface area contributed by atoms with Crippen LogP contribution >= 0.6 is 11.8 Å². The van der Waals surface area contributed by atoms with Crippen molar-refractivity contribution in [3.05, 3.63) is 17.5 Å². The summed E-state index contributed by atoms with van der Waals surface area (Å²) in [6, 6.07) is 0. The van der Waals surface area contributed by atoms with Gasteiger partial charge in [0.25, 0.3) is 0 Å². The number of aromatic carboxylic acids is 1. The van der Waals surface area contributed by atoms with Crippen LogP contribution in [0.3, 0.4) is 0 Å². The van der Waals surface area contributed by atoms with Crippen LogP contribution in [-0.4, -0.2) is 26.9 Å². The highest BCUT2D eigenvalue weighted by molar-refractivity contribution is 7.98. The van der Waals surface area contributed by atoms with E-state index in [0.29, 0.717) is 10.9 Å². The molecular weight excluding hydrogens is 200 g/mol. The van der Waals surface area contributed by atoms with E-state index in [0.717, 1.165) is 0 Å². The Morgan fingerprint density at radius 1 is 1.64 bits per heavy atom. The van der Waals surface area contributed by atoms with Gasteiger partial charge in [0.05, 0.1) is 5.69 Å². The van der Waals surface area contributed by atoms with Crippen LogP contribution < -0.4 is 0 Å². The Morgan fingerprint density at radius 3 is 2.71 bits per heavy atom. The van der Waals surface area contributed by atoms with Gasteiger partial charge in [0.2, 0.25) is 0 Å². The Bertz CT molecular complexity index is 382. The number of nitrogens with zero attached hydrogens (tertiary/aromatic N) is 2. The number of hydrogen-bond acceptors (Lipinski definition) is 3. The van der Waals surface area contributed by atoms with Crippen molar-refractivity contribution in [2.45, 2.75) is 12.1 Å². The van der Waals surface area contributed by atoms with Crippen molar-refractivity contribution >= 4 is 23.8 Å². The first kappa shape index (κ1) is 10.8. The SMILES string of the molecule is C/C=C/c1c(C(=O)O)nc(SC)n1C. The van der Waals surface area contributed by atoms with Crippen LogP contribution in [0.1, 0.15) is 23.1 Å². The molecule has 0 aliphatic rings. The van der Waals surface area contributed by atoms with E-state index < -0.39 is 5.97 Å². The maximum absolute atomic E-state index is 10.9. The van der Waals surface area contributed by atoms with Crippen LogP contribution in [0.4, 0.5) is 0 Å². The molecule has 1 rings (SSSR count). The first-order valence-electron chi connectivity index (χ1n) is 4.08. The molecule has 14 heavy (non-hydrogen) atoms. The first-order valence-corrected chi connectivity index (χ1v) is 5.31. The second kappa shape index (κ2) is 4.32. The predicted octanol–water partition coefficient (Wildman–Crippen LogP) is 1.87. The van der Waals surface area contributed by atoms with Crippen molar-refractivity contribution in [1.82, 2.24) is 9.55 Å². The van der Waals surface area contributed by atoms with E-state index >= 15 is 0 Å². The van der Waals surface area contributed by atoms with E-state index in [-0.39, 0.29) is 5.69 Å². The molecule has 0 fully saturated rings. The van der Waals surface area contributed by atoms with Crippen LogP contribution in [-0.2, 0) is 7.05 Å². The smallest absolute Gasteiger partial charge is 0.356 e. The molecule has 0 radical (unpaired) electrons. The number of carboxylic acid groups (broad SMARTS) is 1. The molecular formula is C9H12N2O2S. The van der Waals surface area contributed by atoms with Crippen molar-refractivity contribution in [2.75, 3.05) is 6.26 Å². The molecule has 1 heterocycles. The minimum atomic E-state index is -0.992. The molecule has 0 unspecified atom stereocenters. The third-order valence-electron chi connectivity index (χ3n) is 1.81. The van der Waals surface area contributed by atoms with Gasteiger partial charge in [-0.3, -0.25) is 0 Å². The van der Waals surface area contributed by atoms with Gasteiger partial charge in [0, 0.05) is 7.05 Å². The van der Waals surface area contributed by atoms with Gasteiger partial charge in [-0.1, -0.05) is 17.8 Å². The standard InChI is InChI=1S/C9H12N2O2S/c1-4-5-6-7(8(12)13)10-9(14-3)11(6)2/h4-5H,1-3H3,(H,12,13)/b5-4+. The fourth-order valence-electron chi connectivity index (χ4n) is 1.18. The molecule has 0 aliphatic heterocycles. The van der Waals surface area contributed by atoms with Gasteiger partial charge >= 0.3 is 5.97 Å². The summed E-state index contributed by atoms with van der Waals surface area (Å²) in [7, 11) is 1.81. The van der Waals surface area contributed by atoms with Crippen LogP contribution in [0.5, 0.6) is 0 Å². The summed E-state index contributed by atoms with van der Waals surface area (Å²) < 4.78 is 1.77. The summed E-state index contributed by atoms with van der Waals surface area (Å²) in [6.07, 6.45) is 5.41. The summed E-state index contributed by atoms with van der Waals surface area (Å²) in [5, 5.41) is 9.61. The van der Waals surface area contributed by atoms with Crippen LogP contribution in [0.2, 0.25) is 0 Å². The molecule has 4 nitrogen and oxygen atoms in total. The van der Waals surface area contributed by atoms with E-state index in [2.05, 4.69) is 4.98 Å². The monoisotopic (exact) mass is 212 g/mol. The summed E-state index contributed by atoms with van der Waals surface area (Å²) in [5.74, 6) is -0.992. The zero-order valence-electron chi connectivity index (χ0n) is 8.31. The highest BCUT2D eigenvalue weighted by atomic mass is 32.2. The lowest BCUT2D eigenvalue weighted by molar-refractivity contribution is 0.0690. The minimum absolute atomic E-state index is 0.106. The second-order valence-electron chi connectivity index (χ2n) is 2.70. The van der Waals surface area contributed by atoms with Crippen molar-refractivity contribution in [2.24, 2.45) is 7.05 Å². The minimum Gasteiger partial charge on any atom is -0.476 e. The van der Waals surface area contributed by atoms with Gasteiger partial charge in [0.1, 0.15) is 0 Å². The Morgan fingerprint density at radius 2 is 2.29 bits per heavy atom. The first-order chi connectivity index (χ1) is 6.61. The Kier molecular flexibility index (Phi) is 3.35. The zero-order chi connectivity index (χ0) is 10.7. The number of imidazole rings is 1. The molecule has 1 aromatic heterocycles. The van der Waals surface area contributed by atoms with Gasteiger partial charge in [-0.25, -0.2) is 9.78 Å². The largest absolute Gasteiger partial charge is 0.476 e. The maximum Gasteiger partial charge on any atom is 0.356 e. The summed E-state index contributed by atoms with van der Waals surface area (Å²) in [5.41, 5.74) is 0.735. The average molecular weight is 212 g/mol. The molecule has 5 heteroatoms. The third kappa shape index (κ3) is 1.82. The molecule has 0 aromatic carbocycles. The van der Waals surface area contributed by atoms with Crippen LogP contribution in [0.15, 0.2) is 11.2 Å². The molecule has 0 amide bonds. The summed E-state index contributed by atoms with van der Waals surface area (Å²) in [6.45, 7) is 1.84. The molecule has 0 spiro atoms. The van der Waals surface area contributed by atoms with E-state index in [4.69, 9.17) is 5.11 Å². The maximum atomic E-state index is 10.9. The van der Waals surface area contributed by atoms with Crippen LogP contribution in [0.25, 0.3) is 6.08 Å². The van der Waals surface area contributed by atoms with Crippen LogP contribution in [0, 0.1) is 0 Å². The average Bonchev–Trinajstić information content (AvgIpc) is 2.45. The number of carbonyl (C=O) groups is 1. The summed E-state index contributed by atoms with van der Waals surface area (Å²) in [4.78, 5) is 14.9. The summed E-state index contributed by atoms with van der Waals surface area (Å²) >= 11 is 1.43. The molecule has 1 aromatic rings. The topological polar surface area (TPSA) is 55.1 Å². The second-order valence-corrected chi connectivity index (χ2v) is 3.47. The highest BCUT2D eigenvalue weighted by Gasteiger charge is 2.17. The molecule has 0 saturated carbocycles. The number of allylic oxidation sites excluding steroid dienone is 1. The number of carboxylic acids is 1. The lowest BCUT2D eigenvalue weighted by atomic mass is 10.3. The Hall–Kier alpha value is -1.23. The highest BCUT2D eigenvalue weighted by Crippen LogP contribution is 2.19. The van der Waals surface area contributed by atoms with Gasteiger partial charge < -0.3 is 9.67 Å². The van der Waals surface area contributed by atoms with E-state index in [1.165, 1.54) is 11.8 Å². The van der Waals surface area contributed by atoms with Crippen molar-refractivity contribution in [1.29, 1.82) is 0 Å². The van der Waals surface area contributed by atoms with E-state index in [1.54, 1.807) is 23.8 Å². The van der Waals surface area contributed by atoms with E-state index in [1.807, 2.05) is 13.2 Å². The normalized spacial score (nSPS) is 11.1. The number of aromatic nitrogens is 2. The van der Waals surface area contributed by atoms with Gasteiger partial charge in [0.15, 0.2) is 10.9 Å². The molecule has 76 valence electrons. The lowest BCUT2D eigenvalue weighted by Gasteiger charge is -1.98. The van der Waals surface area contributed by atoms with Crippen molar-refractivity contribution < 1.29 is 9.90 Å². The quantitative estimate of drug-likeness (QED) is 0.777. The van der Waals surface area contributed by atoms with Crippen molar-refractivity contribution in [3.8, 4) is 0 Å². The lowest BCUT2D eigenvalue weighted by Crippen LogP contribution is -2.00. The molecule has 0 bridgehead atoms. The number of thioether (sulfide) groups is 1. The molecule has 0 aliphatic carbocycles. The molecule has 0 atom stereocenters. The van der Waals surface area contributed by atoms with E-state index in [9.17, 15) is 4.79 Å². The Balaban J connectivity index is 3.34. The number of hydrogen-bond donors (Lipinski definition) is 1. The molecule has 1 N–H and O–H groups in total. The number of rotatable bonds is 3. The van der Waals surface area contributed by atoms with Gasteiger partial charge in [-0.05, 0) is 19.3 Å².